The number of methoxy groups -OCH3 is 1. The Morgan fingerprint density at radius 1 is 1.42 bits per heavy atom. The Morgan fingerprint density at radius 2 is 2.11 bits per heavy atom. The maximum atomic E-state index is 12.4. The van der Waals surface area contributed by atoms with Crippen molar-refractivity contribution in [3.63, 3.8) is 0 Å². The van der Waals surface area contributed by atoms with Crippen LogP contribution in [0.15, 0.2) is 11.6 Å². The monoisotopic (exact) mass is 275 g/mol. The highest BCUT2D eigenvalue weighted by Crippen LogP contribution is 2.61. The van der Waals surface area contributed by atoms with Crippen LogP contribution < -0.4 is 0 Å². The molecule has 0 aromatic heterocycles. The quantitative estimate of drug-likeness (QED) is 0.543. The second-order valence-electron chi connectivity index (χ2n) is 6.08. The summed E-state index contributed by atoms with van der Waals surface area (Å²) in [6.07, 6.45) is -1.04. The Kier molecular flexibility index (Phi) is 2.56. The summed E-state index contributed by atoms with van der Waals surface area (Å²) in [5, 5.41) is 0. The van der Waals surface area contributed by atoms with Crippen LogP contribution in [0.25, 0.3) is 0 Å². The number of esters is 1. The van der Waals surface area contributed by atoms with E-state index in [-0.39, 0.29) is 29.9 Å². The molecule has 106 valence electrons. The van der Waals surface area contributed by atoms with Crippen molar-refractivity contribution in [1.29, 1.82) is 0 Å². The molecule has 6 heteroatoms. The molecule has 1 saturated carbocycles. The van der Waals surface area contributed by atoms with E-state index in [2.05, 4.69) is 0 Å². The molecule has 1 aliphatic carbocycles. The first-order valence-corrected chi connectivity index (χ1v) is 6.40. The lowest BCUT2D eigenvalue weighted by atomic mass is 9.87. The van der Waals surface area contributed by atoms with Crippen molar-refractivity contribution in [3.8, 4) is 0 Å². The van der Waals surface area contributed by atoms with Crippen LogP contribution in [0.5, 0.6) is 0 Å². The number of allylic oxidation sites excluding steroid dienone is 1. The maximum absolute atomic E-state index is 12.4. The fourth-order valence-electron chi connectivity index (χ4n) is 3.71. The summed E-state index contributed by atoms with van der Waals surface area (Å²) in [7, 11) is 1.30. The largest absolute Gasteiger partial charge is 0.468 e. The van der Waals surface area contributed by atoms with E-state index in [1.807, 2.05) is 4.90 Å². The average molecular weight is 275 g/mol. The number of fused-ring (bicyclic) bond motifs is 1. The van der Waals surface area contributed by atoms with Crippen LogP contribution in [-0.4, -0.2) is 42.8 Å². The molecule has 0 bridgehead atoms. The highest BCUT2D eigenvalue weighted by atomic mass is 19.4. The minimum absolute atomic E-state index is 0.154. The van der Waals surface area contributed by atoms with Gasteiger partial charge >= 0.3 is 12.1 Å². The first kappa shape index (κ1) is 13.0. The van der Waals surface area contributed by atoms with Gasteiger partial charge in [0.25, 0.3) is 0 Å². The van der Waals surface area contributed by atoms with Gasteiger partial charge in [0.2, 0.25) is 0 Å². The fourth-order valence-corrected chi connectivity index (χ4v) is 3.71. The minimum atomic E-state index is -4.32. The smallest absolute Gasteiger partial charge is 0.409 e. The molecule has 2 saturated heterocycles. The predicted octanol–water partition coefficient (Wildman–Crippen LogP) is 2.28. The number of hydrogen-bond donors (Lipinski definition) is 0. The Hall–Kier alpha value is -1.04. The highest BCUT2D eigenvalue weighted by Gasteiger charge is 2.64. The second kappa shape index (κ2) is 3.75. The van der Waals surface area contributed by atoms with E-state index in [1.165, 1.54) is 7.11 Å². The van der Waals surface area contributed by atoms with Crippen LogP contribution >= 0.6 is 0 Å². The number of carbonyl (C=O) groups excluding carboxylic acids is 1. The van der Waals surface area contributed by atoms with Crippen molar-refractivity contribution in [2.24, 2.45) is 5.41 Å². The molecule has 3 aliphatic rings. The number of hydrogen-bond acceptors (Lipinski definition) is 3. The summed E-state index contributed by atoms with van der Waals surface area (Å²) in [6.45, 7) is 0.952. The molecule has 0 amide bonds. The van der Waals surface area contributed by atoms with E-state index in [0.29, 0.717) is 12.5 Å². The molecule has 0 aromatic carbocycles. The van der Waals surface area contributed by atoms with Gasteiger partial charge in [-0.1, -0.05) is 0 Å². The molecule has 0 aromatic rings. The van der Waals surface area contributed by atoms with Crippen molar-refractivity contribution in [3.05, 3.63) is 11.6 Å². The Morgan fingerprint density at radius 3 is 2.63 bits per heavy atom. The van der Waals surface area contributed by atoms with Crippen molar-refractivity contribution in [2.45, 2.75) is 37.4 Å². The molecular weight excluding hydrogens is 259 g/mol. The molecule has 3 fully saturated rings. The van der Waals surface area contributed by atoms with E-state index >= 15 is 0 Å². The third-order valence-corrected chi connectivity index (χ3v) is 4.60. The first-order chi connectivity index (χ1) is 8.79. The molecule has 2 aliphatic heterocycles. The van der Waals surface area contributed by atoms with Crippen molar-refractivity contribution in [2.75, 3.05) is 20.2 Å². The van der Waals surface area contributed by atoms with Gasteiger partial charge in [0, 0.05) is 19.2 Å². The van der Waals surface area contributed by atoms with Crippen LogP contribution in [0.3, 0.4) is 0 Å². The van der Waals surface area contributed by atoms with Gasteiger partial charge in [-0.25, -0.2) is 0 Å². The summed E-state index contributed by atoms with van der Waals surface area (Å²) >= 11 is 0. The van der Waals surface area contributed by atoms with Gasteiger partial charge in [0.15, 0.2) is 0 Å². The van der Waals surface area contributed by atoms with Crippen LogP contribution in [0.4, 0.5) is 13.2 Å². The Bertz CT molecular complexity index is 453. The number of ether oxygens (including phenoxy) is 1. The summed E-state index contributed by atoms with van der Waals surface area (Å²) in [6, 6.07) is 0. The van der Waals surface area contributed by atoms with E-state index in [0.717, 1.165) is 19.4 Å². The number of carbonyl (C=O) groups is 1. The van der Waals surface area contributed by atoms with Gasteiger partial charge in [0.05, 0.1) is 7.11 Å². The SMILES string of the molecule is COC(=O)C12CC(=CC(F)(F)F)CN1CC1(CC1)C2. The standard InChI is InChI=1S/C13H16F3NO2/c1-19-10(18)12-4-9(5-13(14,15)16)6-17(12)8-11(7-12)2-3-11/h5H,2-4,6-8H2,1H3. The van der Waals surface area contributed by atoms with E-state index in [1.54, 1.807) is 0 Å². The molecular formula is C13H16F3NO2. The van der Waals surface area contributed by atoms with Gasteiger partial charge in [0.1, 0.15) is 5.54 Å². The lowest BCUT2D eigenvalue weighted by Crippen LogP contribution is -2.46. The van der Waals surface area contributed by atoms with Crippen molar-refractivity contribution in [1.82, 2.24) is 4.90 Å². The zero-order chi connectivity index (χ0) is 13.9. The van der Waals surface area contributed by atoms with Gasteiger partial charge in [-0.2, -0.15) is 13.2 Å². The van der Waals surface area contributed by atoms with Crippen LogP contribution in [0, 0.1) is 5.41 Å². The molecule has 3 rings (SSSR count). The number of halogens is 3. The number of rotatable bonds is 1. The zero-order valence-electron chi connectivity index (χ0n) is 10.7. The third kappa shape index (κ3) is 2.06. The minimum Gasteiger partial charge on any atom is -0.468 e. The van der Waals surface area contributed by atoms with Gasteiger partial charge in [-0.3, -0.25) is 9.69 Å². The molecule has 1 unspecified atom stereocenters. The summed E-state index contributed by atoms with van der Waals surface area (Å²) in [5.74, 6) is -0.387. The summed E-state index contributed by atoms with van der Waals surface area (Å²) in [4.78, 5) is 14.0. The number of alkyl halides is 3. The van der Waals surface area contributed by atoms with Crippen LogP contribution in [0.2, 0.25) is 0 Å². The zero-order valence-corrected chi connectivity index (χ0v) is 10.7. The maximum Gasteiger partial charge on any atom is 0.409 e. The lowest BCUT2D eigenvalue weighted by molar-refractivity contribution is -0.151. The molecule has 2 heterocycles. The molecule has 1 spiro atoms. The highest BCUT2D eigenvalue weighted by molar-refractivity contribution is 5.83. The Labute approximate surface area is 109 Å². The Balaban J connectivity index is 1.88. The van der Waals surface area contributed by atoms with Crippen LogP contribution in [-0.2, 0) is 9.53 Å². The average Bonchev–Trinajstić information content (AvgIpc) is 2.83. The fraction of sp³-hybridized carbons (Fsp3) is 0.769. The lowest BCUT2D eigenvalue weighted by Gasteiger charge is -2.27. The van der Waals surface area contributed by atoms with Gasteiger partial charge < -0.3 is 4.74 Å². The van der Waals surface area contributed by atoms with Gasteiger partial charge in [-0.05, 0) is 36.7 Å². The first-order valence-electron chi connectivity index (χ1n) is 6.40. The third-order valence-electron chi connectivity index (χ3n) is 4.60. The molecule has 3 nitrogen and oxygen atoms in total. The van der Waals surface area contributed by atoms with E-state index in [4.69, 9.17) is 4.74 Å². The van der Waals surface area contributed by atoms with Gasteiger partial charge in [-0.15, -0.1) is 0 Å². The van der Waals surface area contributed by atoms with E-state index in [9.17, 15) is 18.0 Å². The van der Waals surface area contributed by atoms with Crippen molar-refractivity contribution >= 4 is 5.97 Å². The number of nitrogens with zero attached hydrogens (tertiary/aromatic N) is 1. The summed E-state index contributed by atoms with van der Waals surface area (Å²) in [5.41, 5.74) is -0.395. The molecule has 19 heavy (non-hydrogen) atoms. The molecule has 1 atom stereocenters. The summed E-state index contributed by atoms with van der Waals surface area (Å²) < 4.78 is 42.2. The second-order valence-corrected chi connectivity index (χ2v) is 6.08. The van der Waals surface area contributed by atoms with E-state index < -0.39 is 11.7 Å². The van der Waals surface area contributed by atoms with Crippen LogP contribution in [0.1, 0.15) is 25.7 Å². The predicted molar refractivity (Wildman–Crippen MR) is 61.4 cm³/mol. The normalized spacial score (nSPS) is 34.8. The topological polar surface area (TPSA) is 29.5 Å². The van der Waals surface area contributed by atoms with Crippen molar-refractivity contribution < 1.29 is 22.7 Å². The molecule has 0 N–H and O–H groups in total. The molecule has 0 radical (unpaired) electrons.